The molecule has 4 aromatic rings. The minimum Gasteiger partial charge on any atom is -0.481 e. The molecule has 0 radical (unpaired) electrons. The highest BCUT2D eigenvalue weighted by molar-refractivity contribution is 5.99. The number of H-pyrrole nitrogens is 2. The SMILES string of the molecule is CCCC[C@H](NC(C)=O)C(=O)N[C@@H](CC(=O)O)C(=O)N[C@@H](Cc1cnc[nH]1)C(=O)N[C@H](Cc1ccccc1)C(=O)N[C@@H](CCCN=C(N)N)C(=O)N[C@@H](Cc1c[nH]c2ccccc12)C(=O)NCC(=O)N[C@@H](CCCCNC(=O)CN1CCN(CC(=O)O)CCN(CC(=O)O)CCN(CC(=O)O)CC1)C(N)=O. The van der Waals surface area contributed by atoms with Gasteiger partial charge in [-0.3, -0.25) is 91.7 Å². The maximum atomic E-state index is 14.9. The van der Waals surface area contributed by atoms with Crippen molar-refractivity contribution in [3.8, 4) is 0 Å². The minimum absolute atomic E-state index is 0.00600. The summed E-state index contributed by atoms with van der Waals surface area (Å²) in [6, 6.07) is 5.24. The van der Waals surface area contributed by atoms with Gasteiger partial charge in [-0.15, -0.1) is 0 Å². The van der Waals surface area contributed by atoms with E-state index in [4.69, 9.17) is 17.2 Å². The van der Waals surface area contributed by atoms with E-state index in [9.17, 15) is 87.5 Å². The number of nitrogens with one attached hydrogen (secondary N) is 11. The van der Waals surface area contributed by atoms with Crippen molar-refractivity contribution in [1.82, 2.24) is 82.4 Å². The number of carboxylic acid groups (broad SMARTS) is 4. The highest BCUT2D eigenvalue weighted by atomic mass is 16.4. The molecule has 2 aromatic carbocycles. The number of para-hydroxylation sites is 1. The zero-order valence-corrected chi connectivity index (χ0v) is 59.5. The fourth-order valence-corrected chi connectivity index (χ4v) is 11.6. The summed E-state index contributed by atoms with van der Waals surface area (Å²) in [5, 5.41) is 62.6. The first-order valence-electron chi connectivity index (χ1n) is 34.9. The first kappa shape index (κ1) is 85.5. The fraction of sp³-hybridized carbons (Fsp3) is 0.529. The zero-order valence-electron chi connectivity index (χ0n) is 59.5. The molecular weight excluding hydrogens is 1380 g/mol. The third-order valence-electron chi connectivity index (χ3n) is 17.1. The molecule has 2 aromatic heterocycles. The van der Waals surface area contributed by atoms with Gasteiger partial charge in [-0.25, -0.2) is 4.98 Å². The number of unbranched alkanes of at least 4 members (excludes halogenated alkanes) is 2. The molecule has 7 atom stereocenters. The Kier molecular flexibility index (Phi) is 36.5. The average molecular weight is 1490 g/mol. The Hall–Kier alpha value is -11.1. The quantitative estimate of drug-likeness (QED) is 0.0113. The molecule has 0 aliphatic carbocycles. The van der Waals surface area contributed by atoms with Gasteiger partial charge in [-0.05, 0) is 55.7 Å². The van der Waals surface area contributed by atoms with E-state index in [1.165, 1.54) is 19.4 Å². The number of primary amides is 1. The van der Waals surface area contributed by atoms with Gasteiger partial charge < -0.3 is 95.4 Å². The summed E-state index contributed by atoms with van der Waals surface area (Å²) in [6.07, 6.45) is 4.38. The van der Waals surface area contributed by atoms with Crippen LogP contribution in [0.25, 0.3) is 10.9 Å². The Bertz CT molecular complexity index is 3600. The lowest BCUT2D eigenvalue weighted by molar-refractivity contribution is -0.141. The number of guanidine groups is 1. The van der Waals surface area contributed by atoms with Gasteiger partial charge in [0.25, 0.3) is 0 Å². The van der Waals surface area contributed by atoms with Crippen LogP contribution in [0.4, 0.5) is 0 Å². The van der Waals surface area contributed by atoms with Crippen molar-refractivity contribution in [2.24, 2.45) is 22.2 Å². The average Bonchev–Trinajstić information content (AvgIpc) is 1.73. The number of aromatic amines is 2. The molecule has 1 aliphatic heterocycles. The number of carbonyl (C=O) groups is 14. The maximum absolute atomic E-state index is 14.9. The summed E-state index contributed by atoms with van der Waals surface area (Å²) in [4.78, 5) is 206. The third kappa shape index (κ3) is 32.3. The molecule has 580 valence electrons. The molecule has 1 fully saturated rings. The van der Waals surface area contributed by atoms with Gasteiger partial charge >= 0.3 is 23.9 Å². The first-order valence-corrected chi connectivity index (χ1v) is 34.9. The number of nitrogens with two attached hydrogens (primary N) is 3. The number of rotatable bonds is 44. The smallest absolute Gasteiger partial charge is 0.317 e. The summed E-state index contributed by atoms with van der Waals surface area (Å²) in [5.74, 6) is -13.4. The van der Waals surface area contributed by atoms with Crippen LogP contribution in [0, 0.1) is 0 Å². The third-order valence-corrected chi connectivity index (χ3v) is 17.1. The number of benzene rings is 2. The second kappa shape index (κ2) is 45.2. The number of aliphatic imine (C=N–C) groups is 1. The molecule has 38 heteroatoms. The van der Waals surface area contributed by atoms with Crippen molar-refractivity contribution in [3.63, 3.8) is 0 Å². The van der Waals surface area contributed by atoms with Gasteiger partial charge in [0.2, 0.25) is 59.1 Å². The number of amides is 10. The number of hydrogen-bond acceptors (Lipinski definition) is 20. The van der Waals surface area contributed by atoms with E-state index in [0.717, 1.165) is 0 Å². The predicted molar refractivity (Wildman–Crippen MR) is 383 cm³/mol. The van der Waals surface area contributed by atoms with Crippen LogP contribution in [0.1, 0.15) is 88.5 Å². The van der Waals surface area contributed by atoms with E-state index in [1.807, 2.05) is 6.92 Å². The van der Waals surface area contributed by atoms with Gasteiger partial charge in [-0.2, -0.15) is 0 Å². The Balaban J connectivity index is 1.30. The number of hydrogen-bond donors (Lipinski definition) is 18. The summed E-state index contributed by atoms with van der Waals surface area (Å²) >= 11 is 0. The highest BCUT2D eigenvalue weighted by Gasteiger charge is 2.36. The van der Waals surface area contributed by atoms with Gasteiger partial charge in [0, 0.05) is 121 Å². The Morgan fingerprint density at radius 1 is 0.500 bits per heavy atom. The molecule has 10 amide bonds. The fourth-order valence-electron chi connectivity index (χ4n) is 11.6. The second-order valence-corrected chi connectivity index (χ2v) is 25.7. The topological polar surface area (TPSA) is 576 Å². The standard InChI is InChI=1S/C68H100N20O18/c1-3-4-16-49(78-42(2)89)63(102)84-54(33-57(92)93)67(106)83-53(32-45-35-72-41-77-45)66(105)81-51(30-43-13-6-5-7-14-43)65(104)80-50(19-12-21-74-68(70)71)64(103)82-52(31-44-34-75-47-17-9-8-15-46(44)47)62(101)76-36-55(90)79-48(61(69)100)18-10-11-20-73-56(91)37-85-22-24-86(38-58(94)95)26-28-88(40-60(98)99)29-27-87(25-23-85)39-59(96)97/h5-9,13-15,17,34-35,41,48-54,75H,3-4,10-12,16,18-33,36-40H2,1-2H3,(H2,69,100)(H,72,77)(H,73,91)(H,76,101)(H,78,89)(H,79,90)(H,80,104)(H,81,105)(H,82,103)(H,83,106)(H,84,102)(H,92,93)(H,94,95)(H,96,97)(H,98,99)(H4,70,71,74)/t48-,49-,50-,51+,52-,53-,54-/m0/s1. The van der Waals surface area contributed by atoms with E-state index in [-0.39, 0.29) is 149 Å². The molecule has 21 N–H and O–H groups in total. The van der Waals surface area contributed by atoms with Crippen LogP contribution in [0.2, 0.25) is 0 Å². The predicted octanol–water partition coefficient (Wildman–Crippen LogP) is -4.59. The van der Waals surface area contributed by atoms with Crippen LogP contribution >= 0.6 is 0 Å². The van der Waals surface area contributed by atoms with Crippen LogP contribution in [0.5, 0.6) is 0 Å². The largest absolute Gasteiger partial charge is 0.481 e. The Morgan fingerprint density at radius 2 is 0.991 bits per heavy atom. The van der Waals surface area contributed by atoms with Crippen LogP contribution in [0.3, 0.4) is 0 Å². The van der Waals surface area contributed by atoms with E-state index in [1.54, 1.807) is 80.4 Å². The summed E-state index contributed by atoms with van der Waals surface area (Å²) in [6.45, 7) is 2.87. The molecular formula is C68H100N20O18. The Labute approximate surface area is 611 Å². The van der Waals surface area contributed by atoms with E-state index in [0.29, 0.717) is 47.0 Å². The molecule has 0 unspecified atom stereocenters. The molecule has 1 aliphatic rings. The number of nitrogens with zero attached hydrogens (tertiary/aromatic N) is 6. The van der Waals surface area contributed by atoms with Crippen LogP contribution < -0.4 is 65.1 Å². The highest BCUT2D eigenvalue weighted by Crippen LogP contribution is 2.20. The number of carboxylic acids is 4. The van der Waals surface area contributed by atoms with E-state index >= 15 is 0 Å². The summed E-state index contributed by atoms with van der Waals surface area (Å²) < 4.78 is 0. The number of aliphatic carboxylic acids is 4. The lowest BCUT2D eigenvalue weighted by Crippen LogP contribution is -2.60. The van der Waals surface area contributed by atoms with Crippen molar-refractivity contribution >= 4 is 99.8 Å². The van der Waals surface area contributed by atoms with Crippen molar-refractivity contribution in [1.29, 1.82) is 0 Å². The van der Waals surface area contributed by atoms with Gasteiger partial charge in [-0.1, -0.05) is 68.3 Å². The van der Waals surface area contributed by atoms with Gasteiger partial charge in [0.1, 0.15) is 42.3 Å². The molecule has 1 saturated heterocycles. The van der Waals surface area contributed by atoms with Crippen LogP contribution in [-0.4, -0.2) is 284 Å². The lowest BCUT2D eigenvalue weighted by atomic mass is 10.0. The van der Waals surface area contributed by atoms with Crippen molar-refractivity contribution in [2.45, 2.75) is 133 Å². The van der Waals surface area contributed by atoms with Crippen LogP contribution in [0.15, 0.2) is 78.3 Å². The molecule has 0 spiro atoms. The van der Waals surface area contributed by atoms with E-state index in [2.05, 4.69) is 67.8 Å². The number of fused-ring (bicyclic) bond motifs is 1. The van der Waals surface area contributed by atoms with Crippen LogP contribution in [-0.2, 0) is 86.4 Å². The minimum atomic E-state index is -1.77. The lowest BCUT2D eigenvalue weighted by Gasteiger charge is -2.32. The summed E-state index contributed by atoms with van der Waals surface area (Å²) in [7, 11) is 0. The van der Waals surface area contributed by atoms with Crippen molar-refractivity contribution in [3.05, 3.63) is 90.1 Å². The first-order chi connectivity index (χ1) is 50.5. The summed E-state index contributed by atoms with van der Waals surface area (Å²) in [5.41, 5.74) is 19.0. The maximum Gasteiger partial charge on any atom is 0.317 e. The number of carbonyl (C=O) groups excluding carboxylic acids is 10. The molecule has 0 bridgehead atoms. The van der Waals surface area contributed by atoms with Crippen molar-refractivity contribution in [2.75, 3.05) is 98.2 Å². The molecule has 5 rings (SSSR count). The zero-order chi connectivity index (χ0) is 77.7. The molecule has 0 saturated carbocycles. The number of aromatic nitrogens is 3. The molecule has 106 heavy (non-hydrogen) atoms. The normalized spacial score (nSPS) is 15.3. The second-order valence-electron chi connectivity index (χ2n) is 25.7. The van der Waals surface area contributed by atoms with Gasteiger partial charge in [0.05, 0.1) is 45.5 Å². The Morgan fingerprint density at radius 3 is 1.52 bits per heavy atom. The van der Waals surface area contributed by atoms with Crippen molar-refractivity contribution < 1.29 is 87.5 Å². The molecule has 3 heterocycles. The monoisotopic (exact) mass is 1480 g/mol. The number of imidazole rings is 1. The van der Waals surface area contributed by atoms with E-state index < -0.39 is 138 Å². The molecule has 38 nitrogen and oxygen atoms in total. The van der Waals surface area contributed by atoms with Gasteiger partial charge in [0.15, 0.2) is 5.96 Å².